The number of amides is 1. The minimum absolute atomic E-state index is 0.143. The van der Waals surface area contributed by atoms with Gasteiger partial charge in [-0.1, -0.05) is 44.2 Å². The van der Waals surface area contributed by atoms with Crippen molar-refractivity contribution in [3.63, 3.8) is 0 Å². The Labute approximate surface area is 119 Å². The summed E-state index contributed by atoms with van der Waals surface area (Å²) in [5.74, 6) is -0.143. The summed E-state index contributed by atoms with van der Waals surface area (Å²) in [5, 5.41) is 15.2. The van der Waals surface area contributed by atoms with E-state index in [-0.39, 0.29) is 12.5 Å². The van der Waals surface area contributed by atoms with E-state index in [1.165, 1.54) is 0 Å². The van der Waals surface area contributed by atoms with Crippen LogP contribution in [0.15, 0.2) is 42.5 Å². The topological polar surface area (TPSA) is 49.3 Å². The fourth-order valence-electron chi connectivity index (χ4n) is 2.18. The maximum Gasteiger partial charge on any atom is 0.251 e. The third-order valence-corrected chi connectivity index (χ3v) is 3.91. The largest absolute Gasteiger partial charge is 0.388 e. The number of aliphatic hydroxyl groups is 1. The molecule has 0 aliphatic heterocycles. The van der Waals surface area contributed by atoms with E-state index in [1.54, 1.807) is 0 Å². The molecule has 0 aromatic heterocycles. The molecule has 0 spiro atoms. The van der Waals surface area contributed by atoms with Gasteiger partial charge < -0.3 is 10.4 Å². The van der Waals surface area contributed by atoms with Gasteiger partial charge in [0.1, 0.15) is 0 Å². The molecular formula is C17H21NO2. The van der Waals surface area contributed by atoms with Crippen molar-refractivity contribution in [1.82, 2.24) is 5.32 Å². The van der Waals surface area contributed by atoms with Gasteiger partial charge in [-0.05, 0) is 35.7 Å². The van der Waals surface area contributed by atoms with Gasteiger partial charge in [-0.15, -0.1) is 0 Å². The first kappa shape index (κ1) is 14.5. The highest BCUT2D eigenvalue weighted by atomic mass is 16.3. The lowest BCUT2D eigenvalue weighted by Gasteiger charge is -2.25. The van der Waals surface area contributed by atoms with Crippen LogP contribution >= 0.6 is 0 Å². The van der Waals surface area contributed by atoms with Crippen molar-refractivity contribution in [2.24, 2.45) is 0 Å². The van der Waals surface area contributed by atoms with E-state index >= 15 is 0 Å². The summed E-state index contributed by atoms with van der Waals surface area (Å²) < 4.78 is 0. The van der Waals surface area contributed by atoms with Crippen molar-refractivity contribution >= 4 is 16.7 Å². The monoisotopic (exact) mass is 271 g/mol. The summed E-state index contributed by atoms with van der Waals surface area (Å²) >= 11 is 0. The van der Waals surface area contributed by atoms with E-state index in [0.29, 0.717) is 18.4 Å². The zero-order chi connectivity index (χ0) is 14.6. The maximum atomic E-state index is 12.1. The molecule has 0 radical (unpaired) electrons. The smallest absolute Gasteiger partial charge is 0.251 e. The number of hydrogen-bond acceptors (Lipinski definition) is 2. The number of carbonyl (C=O) groups excluding carboxylic acids is 1. The van der Waals surface area contributed by atoms with E-state index in [2.05, 4.69) is 5.32 Å². The lowest BCUT2D eigenvalue weighted by atomic mass is 9.97. The molecule has 0 saturated carbocycles. The van der Waals surface area contributed by atoms with Crippen LogP contribution in [-0.4, -0.2) is 23.2 Å². The summed E-state index contributed by atoms with van der Waals surface area (Å²) in [7, 11) is 0. The molecule has 1 amide bonds. The molecule has 20 heavy (non-hydrogen) atoms. The zero-order valence-corrected chi connectivity index (χ0v) is 12.0. The van der Waals surface area contributed by atoms with Gasteiger partial charge in [0.15, 0.2) is 0 Å². The molecule has 2 N–H and O–H groups in total. The van der Waals surface area contributed by atoms with Crippen LogP contribution in [0.4, 0.5) is 0 Å². The van der Waals surface area contributed by atoms with Crippen LogP contribution in [0.3, 0.4) is 0 Å². The highest BCUT2D eigenvalue weighted by molar-refractivity contribution is 5.98. The standard InChI is InChI=1S/C17H21NO2/c1-3-17(20,4-2)12-18-16(19)15-10-9-13-7-5-6-8-14(13)11-15/h5-11,20H,3-4,12H2,1-2H3,(H,18,19). The fourth-order valence-corrected chi connectivity index (χ4v) is 2.18. The molecule has 0 aliphatic rings. The molecular weight excluding hydrogens is 250 g/mol. The van der Waals surface area contributed by atoms with Gasteiger partial charge in [0.2, 0.25) is 0 Å². The van der Waals surface area contributed by atoms with Gasteiger partial charge in [-0.3, -0.25) is 4.79 Å². The molecule has 0 atom stereocenters. The van der Waals surface area contributed by atoms with Gasteiger partial charge in [0.05, 0.1) is 5.60 Å². The van der Waals surface area contributed by atoms with Crippen LogP contribution in [0.5, 0.6) is 0 Å². The maximum absolute atomic E-state index is 12.1. The van der Waals surface area contributed by atoms with Crippen LogP contribution < -0.4 is 5.32 Å². The Balaban J connectivity index is 2.11. The van der Waals surface area contributed by atoms with Crippen LogP contribution in [-0.2, 0) is 0 Å². The second kappa shape index (κ2) is 6.06. The minimum Gasteiger partial charge on any atom is -0.388 e. The van der Waals surface area contributed by atoms with Gasteiger partial charge in [-0.2, -0.15) is 0 Å². The number of hydrogen-bond donors (Lipinski definition) is 2. The summed E-state index contributed by atoms with van der Waals surface area (Å²) in [4.78, 5) is 12.1. The molecule has 0 unspecified atom stereocenters. The normalized spacial score (nSPS) is 11.6. The molecule has 106 valence electrons. The van der Waals surface area contributed by atoms with Crippen LogP contribution in [0, 0.1) is 0 Å². The Morgan fingerprint density at radius 3 is 2.40 bits per heavy atom. The molecule has 3 heteroatoms. The third kappa shape index (κ3) is 3.17. The Morgan fingerprint density at radius 1 is 1.10 bits per heavy atom. The Bertz CT molecular complexity index is 603. The number of carbonyl (C=O) groups is 1. The number of fused-ring (bicyclic) bond motifs is 1. The van der Waals surface area contributed by atoms with E-state index in [9.17, 15) is 9.90 Å². The van der Waals surface area contributed by atoms with Crippen molar-refractivity contribution in [1.29, 1.82) is 0 Å². The number of rotatable bonds is 5. The average molecular weight is 271 g/mol. The molecule has 3 nitrogen and oxygen atoms in total. The first-order chi connectivity index (χ1) is 9.58. The number of benzene rings is 2. The predicted octanol–water partition coefficient (Wildman–Crippen LogP) is 3.12. The Hall–Kier alpha value is -1.87. The summed E-state index contributed by atoms with van der Waals surface area (Å²) in [6, 6.07) is 13.6. The van der Waals surface area contributed by atoms with Crippen molar-refractivity contribution in [3.8, 4) is 0 Å². The molecule has 2 aromatic rings. The van der Waals surface area contributed by atoms with E-state index in [0.717, 1.165) is 10.8 Å². The van der Waals surface area contributed by atoms with Crippen molar-refractivity contribution in [2.75, 3.05) is 6.54 Å². The van der Waals surface area contributed by atoms with Gasteiger partial charge in [0, 0.05) is 12.1 Å². The van der Waals surface area contributed by atoms with E-state index in [1.807, 2.05) is 56.3 Å². The fraction of sp³-hybridized carbons (Fsp3) is 0.353. The quantitative estimate of drug-likeness (QED) is 0.877. The SMILES string of the molecule is CCC(O)(CC)CNC(=O)c1ccc2ccccc2c1. The second-order valence-electron chi connectivity index (χ2n) is 5.18. The third-order valence-electron chi connectivity index (χ3n) is 3.91. The lowest BCUT2D eigenvalue weighted by molar-refractivity contribution is 0.0314. The molecule has 0 bridgehead atoms. The average Bonchev–Trinajstić information content (AvgIpc) is 2.51. The van der Waals surface area contributed by atoms with Crippen LogP contribution in [0.25, 0.3) is 10.8 Å². The van der Waals surface area contributed by atoms with Crippen molar-refractivity contribution in [2.45, 2.75) is 32.3 Å². The molecule has 2 rings (SSSR count). The molecule has 0 fully saturated rings. The molecule has 0 aliphatic carbocycles. The lowest BCUT2D eigenvalue weighted by Crippen LogP contribution is -2.42. The molecule has 2 aromatic carbocycles. The first-order valence-electron chi connectivity index (χ1n) is 7.07. The highest BCUT2D eigenvalue weighted by Gasteiger charge is 2.22. The second-order valence-corrected chi connectivity index (χ2v) is 5.18. The summed E-state index contributed by atoms with van der Waals surface area (Å²) in [5.41, 5.74) is -0.190. The van der Waals surface area contributed by atoms with E-state index < -0.39 is 5.60 Å². The summed E-state index contributed by atoms with van der Waals surface area (Å²) in [6.07, 6.45) is 1.25. The Kier molecular flexibility index (Phi) is 4.40. The zero-order valence-electron chi connectivity index (χ0n) is 12.0. The highest BCUT2D eigenvalue weighted by Crippen LogP contribution is 2.16. The van der Waals surface area contributed by atoms with Gasteiger partial charge >= 0.3 is 0 Å². The number of nitrogens with one attached hydrogen (secondary N) is 1. The first-order valence-corrected chi connectivity index (χ1v) is 7.07. The van der Waals surface area contributed by atoms with Crippen molar-refractivity contribution in [3.05, 3.63) is 48.0 Å². The Morgan fingerprint density at radius 2 is 1.75 bits per heavy atom. The van der Waals surface area contributed by atoms with Crippen LogP contribution in [0.1, 0.15) is 37.0 Å². The molecule has 0 heterocycles. The van der Waals surface area contributed by atoms with Crippen molar-refractivity contribution < 1.29 is 9.90 Å². The van der Waals surface area contributed by atoms with E-state index in [4.69, 9.17) is 0 Å². The van der Waals surface area contributed by atoms with Crippen LogP contribution in [0.2, 0.25) is 0 Å². The van der Waals surface area contributed by atoms with Gasteiger partial charge in [0.25, 0.3) is 5.91 Å². The molecule has 0 saturated heterocycles. The summed E-state index contributed by atoms with van der Waals surface area (Å²) in [6.45, 7) is 4.13. The van der Waals surface area contributed by atoms with Gasteiger partial charge in [-0.25, -0.2) is 0 Å². The predicted molar refractivity (Wildman–Crippen MR) is 81.8 cm³/mol. The minimum atomic E-state index is -0.813.